The second kappa shape index (κ2) is 13.6. The van der Waals surface area contributed by atoms with Crippen molar-refractivity contribution >= 4 is 6.08 Å². The van der Waals surface area contributed by atoms with E-state index in [1.165, 1.54) is 62.5 Å². The lowest BCUT2D eigenvalue weighted by molar-refractivity contribution is 0.285. The molecule has 1 aromatic rings. The molecule has 0 bridgehead atoms. The number of hydrogen-bond acceptors (Lipinski definition) is 1. The predicted molar refractivity (Wildman–Crippen MR) is 98.1 cm³/mol. The molecule has 1 nitrogen and oxygen atoms in total. The average molecular weight is 303 g/mol. The normalized spacial score (nSPS) is 11.4. The van der Waals surface area contributed by atoms with E-state index < -0.39 is 0 Å². The van der Waals surface area contributed by atoms with E-state index in [1.54, 1.807) is 0 Å². The van der Waals surface area contributed by atoms with Crippen molar-refractivity contribution in [3.63, 3.8) is 0 Å². The molecule has 0 spiro atoms. The minimum absolute atomic E-state index is 0.308. The van der Waals surface area contributed by atoms with Crippen LogP contribution in [0.4, 0.5) is 0 Å². The fourth-order valence-electron chi connectivity index (χ4n) is 2.78. The third kappa shape index (κ3) is 9.04. The van der Waals surface area contributed by atoms with E-state index in [0.717, 1.165) is 19.3 Å². The van der Waals surface area contributed by atoms with E-state index in [-0.39, 0.29) is 0 Å². The van der Waals surface area contributed by atoms with Crippen molar-refractivity contribution in [2.45, 2.75) is 77.6 Å². The van der Waals surface area contributed by atoms with Gasteiger partial charge in [-0.2, -0.15) is 0 Å². The maximum absolute atomic E-state index is 8.79. The number of allylic oxidation sites excluding steroid dienone is 1. The van der Waals surface area contributed by atoms with Crippen LogP contribution in [0.2, 0.25) is 0 Å². The van der Waals surface area contributed by atoms with Crippen LogP contribution in [0.25, 0.3) is 6.08 Å². The molecule has 0 aliphatic rings. The first kappa shape index (κ1) is 19.0. The summed E-state index contributed by atoms with van der Waals surface area (Å²) in [6.07, 6.45) is 18.3. The third-order valence-corrected chi connectivity index (χ3v) is 4.18. The Hall–Kier alpha value is -1.08. The number of hydrogen-bond donors (Lipinski definition) is 1. The van der Waals surface area contributed by atoms with Crippen molar-refractivity contribution in [2.75, 3.05) is 6.61 Å². The largest absolute Gasteiger partial charge is 0.396 e. The maximum Gasteiger partial charge on any atom is 0.0431 e. The molecule has 0 atom stereocenters. The van der Waals surface area contributed by atoms with Crippen LogP contribution in [-0.2, 0) is 6.42 Å². The van der Waals surface area contributed by atoms with E-state index in [4.69, 9.17) is 5.11 Å². The van der Waals surface area contributed by atoms with Crippen molar-refractivity contribution in [3.8, 4) is 0 Å². The Labute approximate surface area is 137 Å². The predicted octanol–water partition coefficient (Wildman–Crippen LogP) is 6.16. The molecule has 0 fully saturated rings. The number of rotatable bonds is 13. The van der Waals surface area contributed by atoms with E-state index >= 15 is 0 Å². The SMILES string of the molecule is CCCCCCCCCc1ccccc1C=CCCCCO. The first-order valence-electron chi connectivity index (χ1n) is 9.23. The van der Waals surface area contributed by atoms with Gasteiger partial charge in [-0.05, 0) is 43.2 Å². The molecule has 0 heterocycles. The van der Waals surface area contributed by atoms with Crippen LogP contribution in [0, 0.1) is 0 Å². The molecule has 1 heteroatoms. The Morgan fingerprint density at radius 2 is 1.59 bits per heavy atom. The lowest BCUT2D eigenvalue weighted by Crippen LogP contribution is -1.90. The van der Waals surface area contributed by atoms with Crippen molar-refractivity contribution in [3.05, 3.63) is 41.5 Å². The van der Waals surface area contributed by atoms with Crippen LogP contribution in [0.15, 0.2) is 30.3 Å². The van der Waals surface area contributed by atoms with Gasteiger partial charge in [0, 0.05) is 6.61 Å². The van der Waals surface area contributed by atoms with E-state index in [1.807, 2.05) is 0 Å². The molecule has 0 radical (unpaired) electrons. The molecule has 0 unspecified atom stereocenters. The quantitative estimate of drug-likeness (QED) is 0.433. The molecule has 124 valence electrons. The number of aryl methyl sites for hydroxylation is 1. The van der Waals surface area contributed by atoms with Crippen LogP contribution in [0.5, 0.6) is 0 Å². The van der Waals surface area contributed by atoms with Crippen LogP contribution in [0.1, 0.15) is 82.3 Å². The van der Waals surface area contributed by atoms with Gasteiger partial charge in [0.2, 0.25) is 0 Å². The molecular weight excluding hydrogens is 268 g/mol. The van der Waals surface area contributed by atoms with Crippen LogP contribution in [0.3, 0.4) is 0 Å². The fraction of sp³-hybridized carbons (Fsp3) is 0.619. The van der Waals surface area contributed by atoms with E-state index in [0.29, 0.717) is 6.61 Å². The Bertz CT molecular complexity index is 395. The minimum Gasteiger partial charge on any atom is -0.396 e. The summed E-state index contributed by atoms with van der Waals surface area (Å²) in [5.41, 5.74) is 2.85. The van der Waals surface area contributed by atoms with Gasteiger partial charge in [-0.15, -0.1) is 0 Å². The number of aliphatic hydroxyl groups excluding tert-OH is 1. The van der Waals surface area contributed by atoms with Gasteiger partial charge in [0.25, 0.3) is 0 Å². The monoisotopic (exact) mass is 302 g/mol. The van der Waals surface area contributed by atoms with E-state index in [9.17, 15) is 0 Å². The molecule has 1 N–H and O–H groups in total. The Morgan fingerprint density at radius 3 is 2.36 bits per heavy atom. The highest BCUT2D eigenvalue weighted by Gasteiger charge is 1.99. The Kier molecular flexibility index (Phi) is 11.7. The molecule has 1 rings (SSSR count). The molecule has 0 saturated carbocycles. The van der Waals surface area contributed by atoms with Gasteiger partial charge < -0.3 is 5.11 Å². The zero-order valence-electron chi connectivity index (χ0n) is 14.4. The van der Waals surface area contributed by atoms with Gasteiger partial charge in [0.1, 0.15) is 0 Å². The van der Waals surface area contributed by atoms with Gasteiger partial charge in [-0.25, -0.2) is 0 Å². The molecular formula is C21H34O. The molecule has 0 amide bonds. The minimum atomic E-state index is 0.308. The van der Waals surface area contributed by atoms with Gasteiger partial charge in [-0.3, -0.25) is 0 Å². The maximum atomic E-state index is 8.79. The van der Waals surface area contributed by atoms with Crippen LogP contribution in [-0.4, -0.2) is 11.7 Å². The number of benzene rings is 1. The summed E-state index contributed by atoms with van der Waals surface area (Å²) in [7, 11) is 0. The summed E-state index contributed by atoms with van der Waals surface area (Å²) in [4.78, 5) is 0. The smallest absolute Gasteiger partial charge is 0.0431 e. The lowest BCUT2D eigenvalue weighted by Gasteiger charge is -2.06. The topological polar surface area (TPSA) is 20.2 Å². The summed E-state index contributed by atoms with van der Waals surface area (Å²) in [6.45, 7) is 2.58. The van der Waals surface area contributed by atoms with Gasteiger partial charge in [-0.1, -0.05) is 81.9 Å². The van der Waals surface area contributed by atoms with Crippen LogP contribution < -0.4 is 0 Å². The zero-order valence-corrected chi connectivity index (χ0v) is 14.4. The molecule has 22 heavy (non-hydrogen) atoms. The number of aliphatic hydroxyl groups is 1. The average Bonchev–Trinajstić information content (AvgIpc) is 2.55. The fourth-order valence-corrected chi connectivity index (χ4v) is 2.78. The molecule has 0 saturated heterocycles. The lowest BCUT2D eigenvalue weighted by atomic mass is 9.99. The van der Waals surface area contributed by atoms with E-state index in [2.05, 4.69) is 43.3 Å². The summed E-state index contributed by atoms with van der Waals surface area (Å²) in [5, 5.41) is 8.79. The first-order valence-corrected chi connectivity index (χ1v) is 9.23. The third-order valence-electron chi connectivity index (χ3n) is 4.18. The van der Waals surface area contributed by atoms with Crippen LogP contribution >= 0.6 is 0 Å². The van der Waals surface area contributed by atoms with Crippen molar-refractivity contribution in [2.24, 2.45) is 0 Å². The Morgan fingerprint density at radius 1 is 0.864 bits per heavy atom. The highest BCUT2D eigenvalue weighted by Crippen LogP contribution is 2.16. The first-order chi connectivity index (χ1) is 10.9. The summed E-state index contributed by atoms with van der Waals surface area (Å²) < 4.78 is 0. The standard InChI is InChI=1S/C21H34O/c1-2-3-4-5-6-7-10-15-20-17-12-13-18-21(20)16-11-8-9-14-19-22/h11-13,16-18,22H,2-10,14-15,19H2,1H3. The van der Waals surface area contributed by atoms with Crippen molar-refractivity contribution in [1.29, 1.82) is 0 Å². The second-order valence-corrected chi connectivity index (χ2v) is 6.19. The van der Waals surface area contributed by atoms with Gasteiger partial charge in [0.05, 0.1) is 0 Å². The summed E-state index contributed by atoms with van der Waals surface area (Å²) in [6, 6.07) is 8.77. The molecule has 1 aromatic carbocycles. The molecule has 0 aromatic heterocycles. The summed E-state index contributed by atoms with van der Waals surface area (Å²) >= 11 is 0. The zero-order chi connectivity index (χ0) is 15.9. The second-order valence-electron chi connectivity index (χ2n) is 6.19. The van der Waals surface area contributed by atoms with Gasteiger partial charge >= 0.3 is 0 Å². The van der Waals surface area contributed by atoms with Gasteiger partial charge in [0.15, 0.2) is 0 Å². The summed E-state index contributed by atoms with van der Waals surface area (Å²) in [5.74, 6) is 0. The molecule has 0 aliphatic heterocycles. The number of unbranched alkanes of at least 4 members (excludes halogenated alkanes) is 8. The van der Waals surface area contributed by atoms with Crippen molar-refractivity contribution in [1.82, 2.24) is 0 Å². The highest BCUT2D eigenvalue weighted by molar-refractivity contribution is 5.53. The van der Waals surface area contributed by atoms with Crippen molar-refractivity contribution < 1.29 is 5.11 Å². The highest BCUT2D eigenvalue weighted by atomic mass is 16.2. The molecule has 0 aliphatic carbocycles. The Balaban J connectivity index is 2.28.